The highest BCUT2D eigenvalue weighted by atomic mass is 32.2. The molecule has 13 heteroatoms. The third-order valence-corrected chi connectivity index (χ3v) is 7.60. The Bertz CT molecular complexity index is 1720. The summed E-state index contributed by atoms with van der Waals surface area (Å²) < 4.78 is 0. The fourth-order valence-corrected chi connectivity index (χ4v) is 5.43. The van der Waals surface area contributed by atoms with Crippen molar-refractivity contribution < 1.29 is 29.0 Å². The Morgan fingerprint density at radius 3 is 1.17 bits per heavy atom. The highest BCUT2D eigenvalue weighted by Crippen LogP contribution is 2.36. The lowest BCUT2D eigenvalue weighted by atomic mass is 10.1. The highest BCUT2D eigenvalue weighted by molar-refractivity contribution is 7.99. The molecule has 4 aromatic rings. The smallest absolute Gasteiger partial charge is 0.268 e. The summed E-state index contributed by atoms with van der Waals surface area (Å²) in [5.74, 6) is -2.43. The summed E-state index contributed by atoms with van der Waals surface area (Å²) in [6, 6.07) is 20.3. The first kappa shape index (κ1) is 25.6. The number of imide groups is 2. The second kappa shape index (κ2) is 9.50. The number of non-ortho nitro benzene ring substituents is 2. The van der Waals surface area contributed by atoms with Crippen LogP contribution in [-0.2, 0) is 0 Å². The van der Waals surface area contributed by atoms with Crippen LogP contribution in [0, 0.1) is 20.2 Å². The van der Waals surface area contributed by atoms with E-state index in [1.807, 2.05) is 0 Å². The van der Waals surface area contributed by atoms with E-state index in [0.717, 1.165) is 31.7 Å². The van der Waals surface area contributed by atoms with Crippen LogP contribution in [0.1, 0.15) is 41.4 Å². The van der Waals surface area contributed by atoms with Crippen LogP contribution in [0.5, 0.6) is 0 Å². The maximum atomic E-state index is 12.9. The molecule has 0 saturated heterocycles. The van der Waals surface area contributed by atoms with Gasteiger partial charge >= 0.3 is 0 Å². The second-order valence-corrected chi connectivity index (χ2v) is 10.1. The first-order valence-corrected chi connectivity index (χ1v) is 12.7. The SMILES string of the molecule is O=C1c2ccc([N+](=O)[O-])cc2C(=O)N1c1ccc(Sc2ccc(N3C(=O)c4ccc([N+](=O)[O-])cc4C3=O)cc2)cc1. The molecular weight excluding hydrogens is 552 g/mol. The molecule has 0 saturated carbocycles. The van der Waals surface area contributed by atoms with Crippen LogP contribution in [0.2, 0.25) is 0 Å². The molecule has 2 aliphatic rings. The number of hydrogen-bond acceptors (Lipinski definition) is 9. The first-order valence-electron chi connectivity index (χ1n) is 11.9. The zero-order chi connectivity index (χ0) is 29.0. The number of amides is 4. The Kier molecular flexibility index (Phi) is 5.93. The molecule has 0 spiro atoms. The summed E-state index contributed by atoms with van der Waals surface area (Å²) in [6.07, 6.45) is 0. The van der Waals surface area contributed by atoms with E-state index in [1.54, 1.807) is 48.5 Å². The molecule has 2 aliphatic heterocycles. The van der Waals surface area contributed by atoms with Gasteiger partial charge in [-0.05, 0) is 60.7 Å². The standard InChI is InChI=1S/C28H14N4O8S/c33-25-21-11-5-17(31(37)38)13-23(21)27(35)29(25)15-1-7-19(8-2-15)41-20-9-3-16(4-10-20)30-26(34)22-12-6-18(32(39)40)14-24(22)28(30)36/h1-14H. The maximum absolute atomic E-state index is 12.9. The Hall–Kier alpha value is -5.69. The van der Waals surface area contributed by atoms with Crippen molar-refractivity contribution in [3.05, 3.63) is 127 Å². The molecule has 0 aliphatic carbocycles. The number of nitro benzene ring substituents is 2. The molecule has 2 heterocycles. The number of carbonyl (C=O) groups excluding carboxylic acids is 4. The number of rotatable bonds is 6. The Morgan fingerprint density at radius 2 is 0.829 bits per heavy atom. The molecule has 4 aromatic carbocycles. The van der Waals surface area contributed by atoms with Gasteiger partial charge in [0.2, 0.25) is 0 Å². The Labute approximate surface area is 234 Å². The van der Waals surface area contributed by atoms with Gasteiger partial charge in [-0.15, -0.1) is 0 Å². The minimum atomic E-state index is -0.646. The monoisotopic (exact) mass is 566 g/mol. The van der Waals surface area contributed by atoms with Gasteiger partial charge in [0.15, 0.2) is 0 Å². The first-order chi connectivity index (χ1) is 19.6. The van der Waals surface area contributed by atoms with Crippen LogP contribution in [0.15, 0.2) is 94.7 Å². The van der Waals surface area contributed by atoms with Crippen molar-refractivity contribution in [3.8, 4) is 0 Å². The zero-order valence-corrected chi connectivity index (χ0v) is 21.4. The van der Waals surface area contributed by atoms with Crippen LogP contribution in [-0.4, -0.2) is 33.5 Å². The molecule has 0 atom stereocenters. The molecule has 0 radical (unpaired) electrons. The molecule has 0 aromatic heterocycles. The third kappa shape index (κ3) is 4.20. The van der Waals surface area contributed by atoms with E-state index in [2.05, 4.69) is 0 Å². The van der Waals surface area contributed by atoms with Gasteiger partial charge in [0.05, 0.1) is 43.5 Å². The van der Waals surface area contributed by atoms with Gasteiger partial charge in [0, 0.05) is 34.1 Å². The summed E-state index contributed by atoms with van der Waals surface area (Å²) in [5.41, 5.74) is 0.186. The van der Waals surface area contributed by atoms with Crippen molar-refractivity contribution in [2.45, 2.75) is 9.79 Å². The number of benzene rings is 4. The molecular formula is C28H14N4O8S. The predicted octanol–water partition coefficient (Wildman–Crippen LogP) is 5.26. The average Bonchev–Trinajstić information content (AvgIpc) is 3.37. The van der Waals surface area contributed by atoms with E-state index >= 15 is 0 Å². The normalized spacial score (nSPS) is 14.0. The van der Waals surface area contributed by atoms with Crippen molar-refractivity contribution in [1.82, 2.24) is 0 Å². The minimum Gasteiger partial charge on any atom is -0.268 e. The van der Waals surface area contributed by atoms with Gasteiger partial charge in [-0.3, -0.25) is 39.4 Å². The maximum Gasteiger partial charge on any atom is 0.270 e. The highest BCUT2D eigenvalue weighted by Gasteiger charge is 2.39. The Morgan fingerprint density at radius 1 is 0.488 bits per heavy atom. The number of nitro groups is 2. The summed E-state index contributed by atoms with van der Waals surface area (Å²) in [4.78, 5) is 75.7. The van der Waals surface area contributed by atoms with Crippen molar-refractivity contribution in [2.24, 2.45) is 0 Å². The summed E-state index contributed by atoms with van der Waals surface area (Å²) in [5, 5.41) is 22.1. The van der Waals surface area contributed by atoms with Crippen LogP contribution in [0.4, 0.5) is 22.7 Å². The van der Waals surface area contributed by atoms with Crippen molar-refractivity contribution >= 4 is 58.1 Å². The van der Waals surface area contributed by atoms with Gasteiger partial charge < -0.3 is 0 Å². The molecule has 41 heavy (non-hydrogen) atoms. The van der Waals surface area contributed by atoms with E-state index in [-0.39, 0.29) is 33.6 Å². The molecule has 0 fully saturated rings. The summed E-state index contributed by atoms with van der Waals surface area (Å²) in [7, 11) is 0. The van der Waals surface area contributed by atoms with Gasteiger partial charge in [0.1, 0.15) is 0 Å². The largest absolute Gasteiger partial charge is 0.270 e. The number of nitrogens with zero attached hydrogens (tertiary/aromatic N) is 4. The number of hydrogen-bond donors (Lipinski definition) is 0. The van der Waals surface area contributed by atoms with E-state index < -0.39 is 33.5 Å². The molecule has 200 valence electrons. The average molecular weight is 567 g/mol. The quantitative estimate of drug-likeness (QED) is 0.172. The van der Waals surface area contributed by atoms with Crippen molar-refractivity contribution in [1.29, 1.82) is 0 Å². The lowest BCUT2D eigenvalue weighted by Gasteiger charge is -2.15. The number of fused-ring (bicyclic) bond motifs is 2. The van der Waals surface area contributed by atoms with Crippen LogP contribution < -0.4 is 9.80 Å². The lowest BCUT2D eigenvalue weighted by Crippen LogP contribution is -2.29. The fraction of sp³-hybridized carbons (Fsp3) is 0. The van der Waals surface area contributed by atoms with Crippen LogP contribution in [0.25, 0.3) is 0 Å². The molecule has 4 amide bonds. The summed E-state index contributed by atoms with van der Waals surface area (Å²) >= 11 is 1.35. The minimum absolute atomic E-state index is 0.0287. The zero-order valence-electron chi connectivity index (χ0n) is 20.5. The lowest BCUT2D eigenvalue weighted by molar-refractivity contribution is -0.385. The number of carbonyl (C=O) groups is 4. The van der Waals surface area contributed by atoms with E-state index in [9.17, 15) is 39.4 Å². The van der Waals surface area contributed by atoms with Gasteiger partial charge in [-0.25, -0.2) is 9.80 Å². The molecule has 12 nitrogen and oxygen atoms in total. The Balaban J connectivity index is 1.17. The topological polar surface area (TPSA) is 161 Å². The number of anilines is 2. The van der Waals surface area contributed by atoms with E-state index in [1.165, 1.54) is 36.0 Å². The van der Waals surface area contributed by atoms with Crippen LogP contribution >= 0.6 is 11.8 Å². The van der Waals surface area contributed by atoms with Crippen molar-refractivity contribution in [2.75, 3.05) is 9.80 Å². The predicted molar refractivity (Wildman–Crippen MR) is 145 cm³/mol. The molecule has 0 N–H and O–H groups in total. The molecule has 0 unspecified atom stereocenters. The van der Waals surface area contributed by atoms with Gasteiger partial charge in [-0.2, -0.15) is 0 Å². The van der Waals surface area contributed by atoms with E-state index in [0.29, 0.717) is 11.4 Å². The van der Waals surface area contributed by atoms with Crippen LogP contribution in [0.3, 0.4) is 0 Å². The van der Waals surface area contributed by atoms with Gasteiger partial charge in [-0.1, -0.05) is 11.8 Å². The molecule has 6 rings (SSSR count). The van der Waals surface area contributed by atoms with E-state index in [4.69, 9.17) is 0 Å². The third-order valence-electron chi connectivity index (χ3n) is 6.59. The summed E-state index contributed by atoms with van der Waals surface area (Å²) in [6.45, 7) is 0. The molecule has 0 bridgehead atoms. The fourth-order valence-electron chi connectivity index (χ4n) is 4.62. The van der Waals surface area contributed by atoms with Crippen molar-refractivity contribution in [3.63, 3.8) is 0 Å². The van der Waals surface area contributed by atoms with Gasteiger partial charge in [0.25, 0.3) is 35.0 Å². The second-order valence-electron chi connectivity index (χ2n) is 8.96.